The maximum atomic E-state index is 13.3. The van der Waals surface area contributed by atoms with Gasteiger partial charge in [-0.05, 0) is 18.6 Å². The summed E-state index contributed by atoms with van der Waals surface area (Å²) in [5, 5.41) is 12.8. The second-order valence-electron chi connectivity index (χ2n) is 3.77. The molecule has 0 unspecified atom stereocenters. The van der Waals surface area contributed by atoms with E-state index < -0.39 is 5.82 Å². The molecule has 1 fully saturated rings. The van der Waals surface area contributed by atoms with Crippen LogP contribution in [0.2, 0.25) is 0 Å². The zero-order valence-corrected chi connectivity index (χ0v) is 8.59. The quantitative estimate of drug-likeness (QED) is 0.739. The Hall–Kier alpha value is -1.13. The summed E-state index contributed by atoms with van der Waals surface area (Å²) >= 11 is 0. The maximum absolute atomic E-state index is 13.3. The second kappa shape index (κ2) is 4.16. The molecule has 1 aromatic carbocycles. The van der Waals surface area contributed by atoms with Gasteiger partial charge in [-0.2, -0.15) is 0 Å². The largest absolute Gasteiger partial charge is 0.505 e. The van der Waals surface area contributed by atoms with Crippen LogP contribution in [0.5, 0.6) is 5.75 Å². The van der Waals surface area contributed by atoms with Crippen molar-refractivity contribution in [2.45, 2.75) is 13.0 Å². The average Bonchev–Trinajstić information content (AvgIpc) is 2.24. The van der Waals surface area contributed by atoms with Crippen molar-refractivity contribution in [2.75, 3.05) is 19.8 Å². The maximum Gasteiger partial charge on any atom is 0.165 e. The summed E-state index contributed by atoms with van der Waals surface area (Å²) in [4.78, 5) is 0. The molecule has 1 atom stereocenters. The predicted octanol–water partition coefficient (Wildman–Crippen LogP) is 1.50. The highest BCUT2D eigenvalue weighted by atomic mass is 19.1. The highest BCUT2D eigenvalue weighted by Gasteiger charge is 2.20. The molecular weight excluding hydrogens is 197 g/mol. The van der Waals surface area contributed by atoms with Crippen molar-refractivity contribution < 1.29 is 14.2 Å². The fourth-order valence-corrected chi connectivity index (χ4v) is 1.79. The number of aromatic hydroxyl groups is 1. The van der Waals surface area contributed by atoms with Crippen molar-refractivity contribution in [2.24, 2.45) is 0 Å². The van der Waals surface area contributed by atoms with Gasteiger partial charge in [-0.3, -0.25) is 0 Å². The first-order valence-electron chi connectivity index (χ1n) is 4.98. The molecule has 0 saturated carbocycles. The molecule has 3 nitrogen and oxygen atoms in total. The van der Waals surface area contributed by atoms with Gasteiger partial charge in [0.25, 0.3) is 0 Å². The molecule has 1 aliphatic heterocycles. The summed E-state index contributed by atoms with van der Waals surface area (Å²) in [6, 6.07) is 2.99. The Balaban J connectivity index is 2.33. The summed E-state index contributed by atoms with van der Waals surface area (Å²) in [5.74, 6) is -0.846. The molecule has 0 bridgehead atoms. The van der Waals surface area contributed by atoms with Crippen LogP contribution in [-0.4, -0.2) is 24.9 Å². The first kappa shape index (κ1) is 10.4. The summed E-state index contributed by atoms with van der Waals surface area (Å²) in [6.07, 6.45) is 0. The highest BCUT2D eigenvalue weighted by molar-refractivity contribution is 5.39. The molecule has 0 amide bonds. The van der Waals surface area contributed by atoms with Crippen LogP contribution in [-0.2, 0) is 4.74 Å². The van der Waals surface area contributed by atoms with Crippen LogP contribution < -0.4 is 5.32 Å². The molecule has 1 aromatic rings. The van der Waals surface area contributed by atoms with E-state index in [9.17, 15) is 9.50 Å². The van der Waals surface area contributed by atoms with Gasteiger partial charge in [0.05, 0.1) is 19.3 Å². The summed E-state index contributed by atoms with van der Waals surface area (Å²) in [5.41, 5.74) is 1.37. The van der Waals surface area contributed by atoms with Gasteiger partial charge in [0.2, 0.25) is 0 Å². The molecular formula is C11H14FNO2. The molecule has 0 spiro atoms. The van der Waals surface area contributed by atoms with E-state index in [1.165, 1.54) is 6.07 Å². The first-order chi connectivity index (χ1) is 7.18. The molecule has 4 heteroatoms. The van der Waals surface area contributed by atoms with Crippen LogP contribution in [0.1, 0.15) is 17.2 Å². The Morgan fingerprint density at radius 1 is 1.53 bits per heavy atom. The van der Waals surface area contributed by atoms with E-state index in [0.717, 1.165) is 12.1 Å². The number of nitrogens with one attached hydrogen (secondary N) is 1. The molecule has 82 valence electrons. The monoisotopic (exact) mass is 211 g/mol. The SMILES string of the molecule is Cc1cc(F)c(O)c([C@@H]2COCCN2)c1. The molecule has 2 N–H and O–H groups in total. The number of hydrogen-bond acceptors (Lipinski definition) is 3. The number of morpholine rings is 1. The number of phenols is 1. The van der Waals surface area contributed by atoms with Gasteiger partial charge in [0, 0.05) is 12.1 Å². The van der Waals surface area contributed by atoms with Gasteiger partial charge < -0.3 is 15.2 Å². The topological polar surface area (TPSA) is 41.5 Å². The summed E-state index contributed by atoms with van der Waals surface area (Å²) < 4.78 is 18.6. The van der Waals surface area contributed by atoms with E-state index in [0.29, 0.717) is 18.8 Å². The molecule has 1 aliphatic rings. The number of ether oxygens (including phenoxy) is 1. The number of benzene rings is 1. The van der Waals surface area contributed by atoms with Gasteiger partial charge in [-0.1, -0.05) is 6.07 Å². The number of rotatable bonds is 1. The van der Waals surface area contributed by atoms with E-state index in [2.05, 4.69) is 5.32 Å². The minimum Gasteiger partial charge on any atom is -0.505 e. The first-order valence-corrected chi connectivity index (χ1v) is 4.98. The Morgan fingerprint density at radius 2 is 2.33 bits per heavy atom. The normalized spacial score (nSPS) is 21.6. The van der Waals surface area contributed by atoms with E-state index >= 15 is 0 Å². The fraction of sp³-hybridized carbons (Fsp3) is 0.455. The van der Waals surface area contributed by atoms with E-state index in [-0.39, 0.29) is 11.8 Å². The van der Waals surface area contributed by atoms with Crippen molar-refractivity contribution in [1.82, 2.24) is 5.32 Å². The smallest absolute Gasteiger partial charge is 0.165 e. The van der Waals surface area contributed by atoms with Crippen molar-refractivity contribution >= 4 is 0 Å². The van der Waals surface area contributed by atoms with Crippen molar-refractivity contribution in [3.63, 3.8) is 0 Å². The third-order valence-corrected chi connectivity index (χ3v) is 2.53. The lowest BCUT2D eigenvalue weighted by molar-refractivity contribution is 0.0759. The third-order valence-electron chi connectivity index (χ3n) is 2.53. The van der Waals surface area contributed by atoms with Crippen molar-refractivity contribution in [3.8, 4) is 5.75 Å². The Kier molecular flexibility index (Phi) is 2.88. The van der Waals surface area contributed by atoms with E-state index in [4.69, 9.17) is 4.74 Å². The molecule has 0 radical (unpaired) electrons. The lowest BCUT2D eigenvalue weighted by Crippen LogP contribution is -2.34. The highest BCUT2D eigenvalue weighted by Crippen LogP contribution is 2.29. The van der Waals surface area contributed by atoms with Crippen LogP contribution in [0, 0.1) is 12.7 Å². The molecule has 15 heavy (non-hydrogen) atoms. The van der Waals surface area contributed by atoms with E-state index in [1.807, 2.05) is 0 Å². The minimum absolute atomic E-state index is 0.117. The minimum atomic E-state index is -0.572. The van der Waals surface area contributed by atoms with Gasteiger partial charge in [0.1, 0.15) is 0 Å². The van der Waals surface area contributed by atoms with Crippen LogP contribution in [0.15, 0.2) is 12.1 Å². The van der Waals surface area contributed by atoms with Gasteiger partial charge in [-0.25, -0.2) is 4.39 Å². The Morgan fingerprint density at radius 3 is 3.00 bits per heavy atom. The predicted molar refractivity (Wildman–Crippen MR) is 54.4 cm³/mol. The average molecular weight is 211 g/mol. The lowest BCUT2D eigenvalue weighted by atomic mass is 10.0. The van der Waals surface area contributed by atoms with Crippen molar-refractivity contribution in [1.29, 1.82) is 0 Å². The standard InChI is InChI=1S/C11H14FNO2/c1-7-4-8(11(14)9(12)5-7)10-6-15-3-2-13-10/h4-5,10,13-14H,2-3,6H2,1H3/t10-/m0/s1. The molecule has 2 rings (SSSR count). The Labute approximate surface area is 87.9 Å². The number of halogens is 1. The van der Waals surface area contributed by atoms with Crippen LogP contribution >= 0.6 is 0 Å². The number of hydrogen-bond donors (Lipinski definition) is 2. The zero-order valence-electron chi connectivity index (χ0n) is 8.59. The molecule has 0 aliphatic carbocycles. The van der Waals surface area contributed by atoms with Gasteiger partial charge in [-0.15, -0.1) is 0 Å². The molecule has 1 saturated heterocycles. The van der Waals surface area contributed by atoms with Crippen LogP contribution in [0.3, 0.4) is 0 Å². The van der Waals surface area contributed by atoms with Crippen molar-refractivity contribution in [3.05, 3.63) is 29.1 Å². The second-order valence-corrected chi connectivity index (χ2v) is 3.77. The van der Waals surface area contributed by atoms with Crippen LogP contribution in [0.25, 0.3) is 0 Å². The van der Waals surface area contributed by atoms with Gasteiger partial charge in [0.15, 0.2) is 11.6 Å². The third kappa shape index (κ3) is 2.11. The fourth-order valence-electron chi connectivity index (χ4n) is 1.79. The zero-order chi connectivity index (χ0) is 10.8. The molecule has 0 aromatic heterocycles. The lowest BCUT2D eigenvalue weighted by Gasteiger charge is -2.25. The summed E-state index contributed by atoms with van der Waals surface area (Å²) in [7, 11) is 0. The van der Waals surface area contributed by atoms with Gasteiger partial charge >= 0.3 is 0 Å². The summed E-state index contributed by atoms with van der Waals surface area (Å²) in [6.45, 7) is 3.65. The number of aryl methyl sites for hydroxylation is 1. The van der Waals surface area contributed by atoms with E-state index in [1.54, 1.807) is 13.0 Å². The molecule has 1 heterocycles. The van der Waals surface area contributed by atoms with Crippen LogP contribution in [0.4, 0.5) is 4.39 Å². The Bertz CT molecular complexity index is 362. The number of phenolic OH excluding ortho intramolecular Hbond substituents is 1.